The lowest BCUT2D eigenvalue weighted by atomic mass is 10.0. The van der Waals surface area contributed by atoms with Gasteiger partial charge >= 0.3 is 5.97 Å². The van der Waals surface area contributed by atoms with Crippen molar-refractivity contribution in [2.75, 3.05) is 44.3 Å². The molecule has 6 N–H and O–H groups in total. The second kappa shape index (κ2) is 12.9. The monoisotopic (exact) mass is 584 g/mol. The van der Waals surface area contributed by atoms with E-state index >= 15 is 0 Å². The number of fused-ring (bicyclic) bond motifs is 2. The Balaban J connectivity index is 1.33. The van der Waals surface area contributed by atoms with Gasteiger partial charge in [-0.15, -0.1) is 11.3 Å². The maximum atomic E-state index is 13.2. The van der Waals surface area contributed by atoms with E-state index in [0.717, 1.165) is 37.7 Å². The molecule has 0 aliphatic heterocycles. The molecule has 5 aromatic rings. The Morgan fingerprint density at radius 1 is 1.14 bits per heavy atom. The first kappa shape index (κ1) is 28.8. The van der Waals surface area contributed by atoms with Gasteiger partial charge in [-0.25, -0.2) is 4.98 Å². The number of carboxylic acids is 1. The first-order valence-electron chi connectivity index (χ1n) is 13.4. The van der Waals surface area contributed by atoms with Crippen LogP contribution in [-0.4, -0.2) is 59.8 Å². The maximum Gasteiger partial charge on any atom is 0.317 e. The van der Waals surface area contributed by atoms with Crippen molar-refractivity contribution < 1.29 is 19.4 Å². The van der Waals surface area contributed by atoms with Crippen molar-refractivity contribution in [3.63, 3.8) is 0 Å². The molecule has 0 bridgehead atoms. The van der Waals surface area contributed by atoms with E-state index in [2.05, 4.69) is 26.3 Å². The zero-order chi connectivity index (χ0) is 29.6. The highest BCUT2D eigenvalue weighted by Crippen LogP contribution is 2.41. The second-order valence-corrected chi connectivity index (χ2v) is 10.5. The van der Waals surface area contributed by atoms with Crippen LogP contribution in [0.5, 0.6) is 5.75 Å². The van der Waals surface area contributed by atoms with E-state index in [4.69, 9.17) is 15.6 Å². The number of benzene rings is 2. The number of carboxylic acid groups (broad SMARTS) is 1. The minimum Gasteiger partial charge on any atom is -0.495 e. The van der Waals surface area contributed by atoms with E-state index in [9.17, 15) is 9.59 Å². The smallest absolute Gasteiger partial charge is 0.317 e. The van der Waals surface area contributed by atoms with Crippen LogP contribution >= 0.6 is 11.3 Å². The molecular weight excluding hydrogens is 552 g/mol. The number of amides is 1. The number of aliphatic carboxylic acids is 1. The molecule has 0 aliphatic carbocycles. The predicted molar refractivity (Wildman–Crippen MR) is 169 cm³/mol. The van der Waals surface area contributed by atoms with E-state index in [1.54, 1.807) is 24.6 Å². The predicted octanol–water partition coefficient (Wildman–Crippen LogP) is 4.58. The Morgan fingerprint density at radius 3 is 2.74 bits per heavy atom. The summed E-state index contributed by atoms with van der Waals surface area (Å²) in [6.07, 6.45) is 5.76. The molecule has 3 aromatic heterocycles. The molecular formula is C31H32N6O4S. The van der Waals surface area contributed by atoms with E-state index in [1.807, 2.05) is 72.3 Å². The Kier molecular flexibility index (Phi) is 8.82. The van der Waals surface area contributed by atoms with Crippen LogP contribution in [0.1, 0.15) is 16.1 Å². The number of para-hydroxylation sites is 1. The summed E-state index contributed by atoms with van der Waals surface area (Å²) in [6, 6.07) is 15.4. The van der Waals surface area contributed by atoms with Gasteiger partial charge in [-0.1, -0.05) is 36.4 Å². The lowest BCUT2D eigenvalue weighted by Crippen LogP contribution is -2.30. The third-order valence-corrected chi connectivity index (χ3v) is 7.94. The molecule has 3 heterocycles. The number of carbonyl (C=O) groups is 2. The van der Waals surface area contributed by atoms with Crippen molar-refractivity contribution in [3.05, 3.63) is 77.4 Å². The summed E-state index contributed by atoms with van der Waals surface area (Å²) in [4.78, 5) is 28.2. The minimum atomic E-state index is -0.872. The SMILES string of the molecule is COc1cc(-c2csc3c(C=CCNCCNCC(=O)O)cnc(N)c23)ccc1NC(=O)c1cc2ccccc2n1C. The number of nitrogens with two attached hydrogens (primary N) is 1. The number of aromatic nitrogens is 2. The van der Waals surface area contributed by atoms with E-state index in [1.165, 1.54) is 0 Å². The Hall–Kier alpha value is -4.71. The number of methoxy groups -OCH3 is 1. The highest BCUT2D eigenvalue weighted by molar-refractivity contribution is 7.18. The van der Waals surface area contributed by atoms with Gasteiger partial charge in [0.2, 0.25) is 0 Å². The molecule has 0 atom stereocenters. The molecule has 0 saturated carbocycles. The number of pyridine rings is 1. The van der Waals surface area contributed by atoms with Gasteiger partial charge in [0.1, 0.15) is 17.3 Å². The van der Waals surface area contributed by atoms with Gasteiger partial charge in [-0.05, 0) is 35.2 Å². The fraction of sp³-hybridized carbons (Fsp3) is 0.194. The van der Waals surface area contributed by atoms with Crippen LogP contribution in [0.2, 0.25) is 0 Å². The third kappa shape index (κ3) is 6.13. The largest absolute Gasteiger partial charge is 0.495 e. The summed E-state index contributed by atoms with van der Waals surface area (Å²) in [6.45, 7) is 1.79. The van der Waals surface area contributed by atoms with E-state index < -0.39 is 5.97 Å². The summed E-state index contributed by atoms with van der Waals surface area (Å²) in [5.41, 5.74) is 11.2. The third-order valence-electron chi connectivity index (χ3n) is 6.91. The highest BCUT2D eigenvalue weighted by atomic mass is 32.1. The molecule has 2 aromatic carbocycles. The fourth-order valence-corrected chi connectivity index (χ4v) is 5.90. The Bertz CT molecular complexity index is 1790. The normalized spacial score (nSPS) is 11.5. The van der Waals surface area contributed by atoms with Gasteiger partial charge in [-0.2, -0.15) is 0 Å². The molecule has 216 valence electrons. The van der Waals surface area contributed by atoms with E-state index in [-0.39, 0.29) is 12.5 Å². The summed E-state index contributed by atoms with van der Waals surface area (Å²) in [7, 11) is 3.45. The van der Waals surface area contributed by atoms with Crippen molar-refractivity contribution in [2.24, 2.45) is 7.05 Å². The topological polar surface area (TPSA) is 144 Å². The van der Waals surface area contributed by atoms with Gasteiger partial charge in [0.25, 0.3) is 5.91 Å². The summed E-state index contributed by atoms with van der Waals surface area (Å²) in [5, 5.41) is 21.7. The van der Waals surface area contributed by atoms with Crippen LogP contribution in [0.3, 0.4) is 0 Å². The van der Waals surface area contributed by atoms with Crippen molar-refractivity contribution in [2.45, 2.75) is 0 Å². The van der Waals surface area contributed by atoms with Crippen molar-refractivity contribution >= 4 is 61.8 Å². The minimum absolute atomic E-state index is 0.0539. The summed E-state index contributed by atoms with van der Waals surface area (Å²) < 4.78 is 8.56. The van der Waals surface area contributed by atoms with Gasteiger partial charge in [0.05, 0.1) is 19.3 Å². The maximum absolute atomic E-state index is 13.2. The highest BCUT2D eigenvalue weighted by Gasteiger charge is 2.18. The number of anilines is 2. The number of hydrogen-bond acceptors (Lipinski definition) is 8. The number of nitrogens with one attached hydrogen (secondary N) is 3. The number of nitrogen functional groups attached to an aromatic ring is 1. The van der Waals surface area contributed by atoms with Gasteiger partial charge in [-0.3, -0.25) is 9.59 Å². The molecule has 0 radical (unpaired) electrons. The van der Waals surface area contributed by atoms with Gasteiger partial charge in [0.15, 0.2) is 0 Å². The molecule has 0 unspecified atom stereocenters. The first-order valence-corrected chi connectivity index (χ1v) is 14.2. The fourth-order valence-electron chi connectivity index (χ4n) is 4.82. The standard InChI is InChI=1S/C31H32N6O4S/c1-37-24-8-4-3-6-20(24)14-25(37)31(40)36-23-10-9-19(15-26(23)41-2)22-18-42-29-21(16-35-30(32)28(22)29)7-5-11-33-12-13-34-17-27(38)39/h3-10,14-16,18,33-34H,11-13,17H2,1-2H3,(H2,32,35)(H,36,40)(H,38,39). The molecule has 10 nitrogen and oxygen atoms in total. The molecule has 0 aliphatic rings. The molecule has 42 heavy (non-hydrogen) atoms. The number of rotatable bonds is 12. The molecule has 1 amide bonds. The number of hydrogen-bond donors (Lipinski definition) is 5. The van der Waals surface area contributed by atoms with E-state index in [0.29, 0.717) is 42.6 Å². The Morgan fingerprint density at radius 2 is 1.95 bits per heavy atom. The Labute approximate surface area is 246 Å². The van der Waals surface area contributed by atoms with Crippen LogP contribution < -0.4 is 26.4 Å². The van der Waals surface area contributed by atoms with Crippen LogP contribution in [0.4, 0.5) is 11.5 Å². The van der Waals surface area contributed by atoms with Crippen molar-refractivity contribution in [1.82, 2.24) is 20.2 Å². The van der Waals surface area contributed by atoms with Crippen LogP contribution in [-0.2, 0) is 11.8 Å². The molecule has 11 heteroatoms. The lowest BCUT2D eigenvalue weighted by Gasteiger charge is -2.13. The summed E-state index contributed by atoms with van der Waals surface area (Å²) in [5.74, 6) is -0.127. The number of thiophene rings is 1. The molecule has 0 saturated heterocycles. The average Bonchev–Trinajstić information content (AvgIpc) is 3.58. The number of carbonyl (C=O) groups excluding carboxylic acids is 1. The molecule has 5 rings (SSSR count). The van der Waals surface area contributed by atoms with Gasteiger partial charge in [0, 0.05) is 65.0 Å². The van der Waals surface area contributed by atoms with Crippen LogP contribution in [0.15, 0.2) is 66.2 Å². The quantitative estimate of drug-likeness (QED) is 0.134. The zero-order valence-electron chi connectivity index (χ0n) is 23.3. The second-order valence-electron chi connectivity index (χ2n) is 9.65. The lowest BCUT2D eigenvalue weighted by molar-refractivity contribution is -0.135. The van der Waals surface area contributed by atoms with Crippen LogP contribution in [0.25, 0.3) is 38.2 Å². The van der Waals surface area contributed by atoms with Gasteiger partial charge < -0.3 is 36.1 Å². The van der Waals surface area contributed by atoms with Crippen LogP contribution in [0, 0.1) is 0 Å². The number of aryl methyl sites for hydroxylation is 1. The first-order chi connectivity index (χ1) is 20.4. The van der Waals surface area contributed by atoms with Crippen molar-refractivity contribution in [1.29, 1.82) is 0 Å². The number of nitrogens with zero attached hydrogens (tertiary/aromatic N) is 2. The average molecular weight is 585 g/mol. The molecule has 0 spiro atoms. The van der Waals surface area contributed by atoms with Crippen molar-refractivity contribution in [3.8, 4) is 16.9 Å². The number of ether oxygens (including phenoxy) is 1. The summed E-state index contributed by atoms with van der Waals surface area (Å²) >= 11 is 1.59. The molecule has 0 fully saturated rings. The zero-order valence-corrected chi connectivity index (χ0v) is 24.1.